The van der Waals surface area contributed by atoms with Gasteiger partial charge in [0.2, 0.25) is 0 Å². The highest BCUT2D eigenvalue weighted by atomic mass is 32.2. The minimum Gasteiger partial charge on any atom is -0.495 e. The van der Waals surface area contributed by atoms with Gasteiger partial charge in [0, 0.05) is 11.6 Å². The lowest BCUT2D eigenvalue weighted by Crippen LogP contribution is -2.14. The molecule has 0 saturated carbocycles. The van der Waals surface area contributed by atoms with E-state index in [0.717, 1.165) is 33.2 Å². The van der Waals surface area contributed by atoms with Crippen molar-refractivity contribution < 1.29 is 13.2 Å². The van der Waals surface area contributed by atoms with Crippen molar-refractivity contribution in [1.82, 2.24) is 4.98 Å². The Bertz CT molecular complexity index is 1430. The SMILES string of the molecule is C=C/C=C(\C)S(=O)(=O)Nc1cc(-c2ccc3nccc(/C(C=C)=C/C=C\C)c3c2)ccc1OC. The normalized spacial score (nSPS) is 12.7. The van der Waals surface area contributed by atoms with E-state index >= 15 is 0 Å². The van der Waals surface area contributed by atoms with Crippen LogP contribution in [-0.2, 0) is 10.0 Å². The fourth-order valence-corrected chi connectivity index (χ4v) is 4.38. The number of anilines is 1. The van der Waals surface area contributed by atoms with Gasteiger partial charge >= 0.3 is 0 Å². The van der Waals surface area contributed by atoms with Gasteiger partial charge in [-0.3, -0.25) is 9.71 Å². The molecule has 1 aromatic heterocycles. The molecule has 0 aliphatic carbocycles. The predicted octanol–water partition coefficient (Wildman–Crippen LogP) is 6.89. The van der Waals surface area contributed by atoms with Crippen LogP contribution in [0.5, 0.6) is 5.75 Å². The highest BCUT2D eigenvalue weighted by Crippen LogP contribution is 2.34. The lowest BCUT2D eigenvalue weighted by atomic mass is 9.97. The van der Waals surface area contributed by atoms with Crippen LogP contribution in [-0.4, -0.2) is 20.5 Å². The minimum absolute atomic E-state index is 0.154. The van der Waals surface area contributed by atoms with Crippen LogP contribution in [0, 0.1) is 0 Å². The van der Waals surface area contributed by atoms with E-state index in [0.29, 0.717) is 11.4 Å². The van der Waals surface area contributed by atoms with Crippen molar-refractivity contribution in [3.8, 4) is 16.9 Å². The minimum atomic E-state index is -3.75. The molecule has 0 aliphatic rings. The molecule has 0 amide bonds. The van der Waals surface area contributed by atoms with Gasteiger partial charge in [-0.15, -0.1) is 0 Å². The van der Waals surface area contributed by atoms with E-state index in [4.69, 9.17) is 4.74 Å². The second-order valence-corrected chi connectivity index (χ2v) is 9.33. The van der Waals surface area contributed by atoms with Gasteiger partial charge in [0.15, 0.2) is 0 Å². The number of nitrogens with zero attached hydrogens (tertiary/aromatic N) is 1. The fourth-order valence-electron chi connectivity index (χ4n) is 3.49. The molecule has 1 N–H and O–H groups in total. The summed E-state index contributed by atoms with van der Waals surface area (Å²) in [7, 11) is -2.25. The maximum Gasteiger partial charge on any atom is 0.257 e. The van der Waals surface area contributed by atoms with E-state index in [2.05, 4.69) is 22.9 Å². The molecule has 0 unspecified atom stereocenters. The molecule has 5 nitrogen and oxygen atoms in total. The Morgan fingerprint density at radius 1 is 1.06 bits per heavy atom. The van der Waals surface area contributed by atoms with E-state index in [1.807, 2.05) is 61.6 Å². The van der Waals surface area contributed by atoms with Crippen LogP contribution in [0.25, 0.3) is 27.6 Å². The third kappa shape index (κ3) is 5.35. The molecular formula is C28H28N2O3S. The average Bonchev–Trinajstić information content (AvgIpc) is 2.84. The van der Waals surface area contributed by atoms with E-state index < -0.39 is 10.0 Å². The Morgan fingerprint density at radius 2 is 1.79 bits per heavy atom. The van der Waals surface area contributed by atoms with Gasteiger partial charge in [-0.05, 0) is 72.5 Å². The molecule has 6 heteroatoms. The summed E-state index contributed by atoms with van der Waals surface area (Å²) in [6.07, 6.45) is 12.4. The Balaban J connectivity index is 2.14. The molecule has 0 atom stereocenters. The third-order valence-corrected chi connectivity index (χ3v) is 6.77. The summed E-state index contributed by atoms with van der Waals surface area (Å²) < 4.78 is 33.4. The highest BCUT2D eigenvalue weighted by molar-refractivity contribution is 7.96. The standard InChI is InChI=1S/C28H28N2O3S/c1-6-9-11-21(8-3)24-16-17-29-26-14-12-22(18-25(24)26)23-13-15-28(33-5)27(19-23)30-34(31,32)20(4)10-7-2/h6-19,30H,2-3H2,1,4-5H3/b9-6-,20-10+,21-11+. The maximum atomic E-state index is 12.7. The number of nitrogens with one attached hydrogen (secondary N) is 1. The first-order valence-corrected chi connectivity index (χ1v) is 12.2. The number of hydrogen-bond acceptors (Lipinski definition) is 4. The molecule has 0 saturated heterocycles. The van der Waals surface area contributed by atoms with Gasteiger partial charge < -0.3 is 4.74 Å². The molecule has 2 aromatic carbocycles. The monoisotopic (exact) mass is 472 g/mol. The van der Waals surface area contributed by atoms with Crippen LogP contribution in [0.1, 0.15) is 19.4 Å². The van der Waals surface area contributed by atoms with Crippen molar-refractivity contribution in [1.29, 1.82) is 0 Å². The van der Waals surface area contributed by atoms with Crippen LogP contribution >= 0.6 is 0 Å². The molecule has 0 aliphatic heterocycles. The van der Waals surface area contributed by atoms with Crippen molar-refractivity contribution in [2.75, 3.05) is 11.8 Å². The molecule has 0 bridgehead atoms. The number of methoxy groups -OCH3 is 1. The molecule has 1 heterocycles. The molecule has 0 fully saturated rings. The summed E-state index contributed by atoms with van der Waals surface area (Å²) in [6, 6.07) is 13.3. The summed E-state index contributed by atoms with van der Waals surface area (Å²) in [6.45, 7) is 11.0. The number of pyridine rings is 1. The van der Waals surface area contributed by atoms with E-state index in [9.17, 15) is 8.42 Å². The third-order valence-electron chi connectivity index (χ3n) is 5.29. The van der Waals surface area contributed by atoms with Crippen molar-refractivity contribution in [3.63, 3.8) is 0 Å². The summed E-state index contributed by atoms with van der Waals surface area (Å²) in [4.78, 5) is 4.65. The number of aromatic nitrogens is 1. The van der Waals surface area contributed by atoms with Gasteiger partial charge in [0.1, 0.15) is 5.75 Å². The first-order chi connectivity index (χ1) is 16.3. The summed E-state index contributed by atoms with van der Waals surface area (Å²) >= 11 is 0. The van der Waals surface area contributed by atoms with Crippen LogP contribution in [0.2, 0.25) is 0 Å². The number of benzene rings is 2. The van der Waals surface area contributed by atoms with Gasteiger partial charge in [-0.2, -0.15) is 0 Å². The predicted molar refractivity (Wildman–Crippen MR) is 143 cm³/mol. The number of fused-ring (bicyclic) bond motifs is 1. The highest BCUT2D eigenvalue weighted by Gasteiger charge is 2.17. The van der Waals surface area contributed by atoms with Gasteiger partial charge in [-0.1, -0.05) is 55.7 Å². The molecule has 34 heavy (non-hydrogen) atoms. The largest absolute Gasteiger partial charge is 0.495 e. The summed E-state index contributed by atoms with van der Waals surface area (Å²) in [5, 5.41) is 0.971. The summed E-state index contributed by atoms with van der Waals surface area (Å²) in [5.41, 5.74) is 4.95. The van der Waals surface area contributed by atoms with Crippen LogP contribution in [0.4, 0.5) is 5.69 Å². The maximum absolute atomic E-state index is 12.7. The first-order valence-electron chi connectivity index (χ1n) is 10.7. The van der Waals surface area contributed by atoms with Crippen molar-refractivity contribution in [2.24, 2.45) is 0 Å². The lowest BCUT2D eigenvalue weighted by molar-refractivity contribution is 0.417. The van der Waals surface area contributed by atoms with Crippen molar-refractivity contribution in [2.45, 2.75) is 13.8 Å². The van der Waals surface area contributed by atoms with Crippen molar-refractivity contribution >= 4 is 32.2 Å². The van der Waals surface area contributed by atoms with Gasteiger partial charge in [-0.25, -0.2) is 8.42 Å². The summed E-state index contributed by atoms with van der Waals surface area (Å²) in [5.74, 6) is 0.421. The van der Waals surface area contributed by atoms with Crippen LogP contribution < -0.4 is 9.46 Å². The van der Waals surface area contributed by atoms with E-state index in [1.54, 1.807) is 18.3 Å². The Labute approximate surface area is 201 Å². The lowest BCUT2D eigenvalue weighted by Gasteiger charge is -2.14. The molecule has 3 rings (SSSR count). The molecule has 0 radical (unpaired) electrons. The first kappa shape index (κ1) is 24.7. The number of ether oxygens (including phenoxy) is 1. The second kappa shape index (κ2) is 10.8. The van der Waals surface area contributed by atoms with Crippen LogP contribution in [0.3, 0.4) is 0 Å². The Kier molecular flexibility index (Phi) is 7.87. The van der Waals surface area contributed by atoms with E-state index in [-0.39, 0.29) is 4.91 Å². The molecule has 3 aromatic rings. The second-order valence-electron chi connectivity index (χ2n) is 7.48. The average molecular weight is 473 g/mol. The quantitative estimate of drug-likeness (QED) is 0.344. The van der Waals surface area contributed by atoms with Crippen molar-refractivity contribution in [3.05, 3.63) is 109 Å². The number of hydrogen-bond donors (Lipinski definition) is 1. The Hall–Kier alpha value is -3.90. The smallest absolute Gasteiger partial charge is 0.257 e. The zero-order valence-corrected chi connectivity index (χ0v) is 20.4. The van der Waals surface area contributed by atoms with Gasteiger partial charge in [0.25, 0.3) is 10.0 Å². The van der Waals surface area contributed by atoms with Crippen LogP contribution in [0.15, 0.2) is 103 Å². The molecule has 174 valence electrons. The number of sulfonamides is 1. The molecular weight excluding hydrogens is 444 g/mol. The van der Waals surface area contributed by atoms with E-state index in [1.165, 1.54) is 26.2 Å². The topological polar surface area (TPSA) is 68.3 Å². The fraction of sp³-hybridized carbons (Fsp3) is 0.107. The molecule has 0 spiro atoms. The van der Waals surface area contributed by atoms with Gasteiger partial charge in [0.05, 0.1) is 23.2 Å². The Morgan fingerprint density at radius 3 is 2.47 bits per heavy atom. The zero-order chi connectivity index (χ0) is 24.7. The number of rotatable bonds is 9. The zero-order valence-electron chi connectivity index (χ0n) is 19.6. The number of allylic oxidation sites excluding steroid dienone is 8.